The zero-order chi connectivity index (χ0) is 28.2. The number of rotatable bonds is 9. The molecule has 9 heteroatoms. The topological polar surface area (TPSA) is 107 Å². The largest absolute Gasteiger partial charge is 0.465 e. The van der Waals surface area contributed by atoms with Gasteiger partial charge in [-0.05, 0) is 81.3 Å². The van der Waals surface area contributed by atoms with Crippen molar-refractivity contribution in [3.8, 4) is 0 Å². The molecule has 1 aliphatic heterocycles. The van der Waals surface area contributed by atoms with Crippen molar-refractivity contribution >= 4 is 29.9 Å². The van der Waals surface area contributed by atoms with Crippen LogP contribution in [0.25, 0.3) is 6.08 Å². The highest BCUT2D eigenvalue weighted by Crippen LogP contribution is 2.47. The van der Waals surface area contributed by atoms with Crippen molar-refractivity contribution in [3.63, 3.8) is 0 Å². The first-order valence-corrected chi connectivity index (χ1v) is 13.2. The molecule has 2 aromatic rings. The molecule has 9 nitrogen and oxygen atoms in total. The van der Waals surface area contributed by atoms with Crippen molar-refractivity contribution in [2.75, 3.05) is 39.2 Å². The lowest BCUT2D eigenvalue weighted by Crippen LogP contribution is -2.35. The number of anilines is 1. The fourth-order valence-corrected chi connectivity index (χ4v) is 4.98. The van der Waals surface area contributed by atoms with Crippen molar-refractivity contribution in [3.05, 3.63) is 64.4 Å². The molecule has 1 atom stereocenters. The summed E-state index contributed by atoms with van der Waals surface area (Å²) >= 11 is 0. The van der Waals surface area contributed by atoms with Gasteiger partial charge in [-0.3, -0.25) is 4.79 Å². The van der Waals surface area contributed by atoms with Gasteiger partial charge in [0.15, 0.2) is 0 Å². The van der Waals surface area contributed by atoms with Crippen molar-refractivity contribution in [1.29, 1.82) is 0 Å². The van der Waals surface area contributed by atoms with E-state index in [4.69, 9.17) is 14.2 Å². The summed E-state index contributed by atoms with van der Waals surface area (Å²) in [6.45, 7) is 7.20. The number of pyridine rings is 1. The predicted molar refractivity (Wildman–Crippen MR) is 148 cm³/mol. The minimum Gasteiger partial charge on any atom is -0.465 e. The third-order valence-electron chi connectivity index (χ3n) is 6.96. The molecular weight excluding hydrogens is 498 g/mol. The second-order valence-corrected chi connectivity index (χ2v) is 11.1. The zero-order valence-corrected chi connectivity index (χ0v) is 23.3. The highest BCUT2D eigenvalue weighted by molar-refractivity contribution is 6.06. The van der Waals surface area contributed by atoms with Crippen molar-refractivity contribution < 1.29 is 28.6 Å². The molecule has 208 valence electrons. The summed E-state index contributed by atoms with van der Waals surface area (Å²) < 4.78 is 15.9. The van der Waals surface area contributed by atoms with E-state index < -0.39 is 11.0 Å². The normalized spacial score (nSPS) is 17.7. The maximum atomic E-state index is 13.1. The molecule has 0 fully saturated rings. The van der Waals surface area contributed by atoms with Crippen LogP contribution in [0.4, 0.5) is 10.6 Å². The van der Waals surface area contributed by atoms with E-state index in [1.54, 1.807) is 24.2 Å². The molecule has 4 rings (SSSR count). The molecule has 39 heavy (non-hydrogen) atoms. The number of carbonyl (C=O) groups excluding carboxylic acids is 3. The Hall–Kier alpha value is -3.72. The van der Waals surface area contributed by atoms with Gasteiger partial charge in [0.2, 0.25) is 5.91 Å². The molecule has 1 aromatic carbocycles. The molecule has 1 aliphatic carbocycles. The third kappa shape index (κ3) is 6.47. The van der Waals surface area contributed by atoms with Crippen molar-refractivity contribution in [2.45, 2.75) is 57.5 Å². The van der Waals surface area contributed by atoms with Gasteiger partial charge in [-0.15, -0.1) is 0 Å². The first-order valence-electron chi connectivity index (χ1n) is 13.2. The SMILES string of the molecule is COC(=O)c1ccc2c(c1)C[C@]1(C2)C(=O)Nc2ncc(/C=C/COCCCCN(C)C(=O)OC(C)(C)C)cc21. The first-order chi connectivity index (χ1) is 18.5. The van der Waals surface area contributed by atoms with Crippen molar-refractivity contribution in [1.82, 2.24) is 9.88 Å². The number of ether oxygens (including phenoxy) is 3. The smallest absolute Gasteiger partial charge is 0.410 e. The molecule has 1 spiro atoms. The number of carbonyl (C=O) groups is 3. The summed E-state index contributed by atoms with van der Waals surface area (Å²) in [7, 11) is 3.09. The Kier molecular flexibility index (Phi) is 8.39. The van der Waals surface area contributed by atoms with Crippen LogP contribution < -0.4 is 5.32 Å². The maximum absolute atomic E-state index is 13.1. The zero-order valence-electron chi connectivity index (χ0n) is 23.3. The van der Waals surface area contributed by atoms with Gasteiger partial charge in [-0.25, -0.2) is 14.6 Å². The Morgan fingerprint density at radius 3 is 2.67 bits per heavy atom. The van der Waals surface area contributed by atoms with E-state index in [1.807, 2.05) is 51.1 Å². The number of fused-ring (bicyclic) bond motifs is 3. The average molecular weight is 536 g/mol. The van der Waals surface area contributed by atoms with E-state index in [0.717, 1.165) is 35.1 Å². The second-order valence-electron chi connectivity index (χ2n) is 11.1. The Labute approximate surface area is 229 Å². The molecule has 2 heterocycles. The predicted octanol–water partition coefficient (Wildman–Crippen LogP) is 4.53. The number of hydrogen-bond acceptors (Lipinski definition) is 7. The Morgan fingerprint density at radius 2 is 1.92 bits per heavy atom. The maximum Gasteiger partial charge on any atom is 0.410 e. The van der Waals surface area contributed by atoms with Gasteiger partial charge in [-0.2, -0.15) is 0 Å². The lowest BCUT2D eigenvalue weighted by molar-refractivity contribution is -0.120. The van der Waals surface area contributed by atoms with Gasteiger partial charge in [0.05, 0.1) is 24.7 Å². The van der Waals surface area contributed by atoms with Crippen LogP contribution in [0.15, 0.2) is 36.5 Å². The molecule has 0 radical (unpaired) electrons. The summed E-state index contributed by atoms with van der Waals surface area (Å²) in [4.78, 5) is 43.2. The van der Waals surface area contributed by atoms with Crippen LogP contribution in [0, 0.1) is 0 Å². The summed E-state index contributed by atoms with van der Waals surface area (Å²) in [6, 6.07) is 7.49. The lowest BCUT2D eigenvalue weighted by atomic mass is 9.79. The molecular formula is C30H37N3O6. The Balaban J connectivity index is 1.29. The summed E-state index contributed by atoms with van der Waals surface area (Å²) in [5.74, 6) is 0.132. The monoisotopic (exact) mass is 535 g/mol. The summed E-state index contributed by atoms with van der Waals surface area (Å²) in [5, 5.41) is 2.94. The minimum atomic E-state index is -0.730. The van der Waals surface area contributed by atoms with Gasteiger partial charge in [0.25, 0.3) is 0 Å². The van der Waals surface area contributed by atoms with Gasteiger partial charge in [0, 0.05) is 32.0 Å². The third-order valence-corrected chi connectivity index (χ3v) is 6.96. The fraction of sp³-hybridized carbons (Fsp3) is 0.467. The molecule has 0 unspecified atom stereocenters. The van der Waals surface area contributed by atoms with Crippen LogP contribution >= 0.6 is 0 Å². The van der Waals surface area contributed by atoms with Crippen LogP contribution in [0.3, 0.4) is 0 Å². The highest BCUT2D eigenvalue weighted by atomic mass is 16.6. The van der Waals surface area contributed by atoms with E-state index in [0.29, 0.717) is 44.0 Å². The van der Waals surface area contributed by atoms with Crippen LogP contribution in [0.5, 0.6) is 0 Å². The number of hydrogen-bond donors (Lipinski definition) is 1. The van der Waals surface area contributed by atoms with Crippen LogP contribution in [0.1, 0.15) is 66.2 Å². The second kappa shape index (κ2) is 11.6. The number of methoxy groups -OCH3 is 1. The van der Waals surface area contributed by atoms with Gasteiger partial charge in [0.1, 0.15) is 11.4 Å². The number of unbranched alkanes of at least 4 members (excludes halogenated alkanes) is 1. The average Bonchev–Trinajstić information content (AvgIpc) is 3.40. The highest BCUT2D eigenvalue weighted by Gasteiger charge is 2.51. The summed E-state index contributed by atoms with van der Waals surface area (Å²) in [6.07, 6.45) is 8.00. The minimum absolute atomic E-state index is 0.0670. The molecule has 1 N–H and O–H groups in total. The standard InChI is InChI=1S/C30H37N3O6/c1-29(2,3)39-28(36)33(4)12-6-7-13-38-14-8-9-20-15-24-25(31-19-20)32-27(35)30(24)17-22-11-10-21(26(34)37-5)16-23(22)18-30/h8-11,15-16,19H,6-7,12-14,17-18H2,1-5H3,(H,31,32,35)/b9-8+/t30-/m0/s1. The van der Waals surface area contributed by atoms with Gasteiger partial charge in [-0.1, -0.05) is 18.2 Å². The van der Waals surface area contributed by atoms with Gasteiger partial charge >= 0.3 is 12.1 Å². The van der Waals surface area contributed by atoms with E-state index in [-0.39, 0.29) is 18.0 Å². The van der Waals surface area contributed by atoms with E-state index in [2.05, 4.69) is 10.3 Å². The van der Waals surface area contributed by atoms with E-state index in [9.17, 15) is 14.4 Å². The van der Waals surface area contributed by atoms with Crippen molar-refractivity contribution in [2.24, 2.45) is 0 Å². The number of amides is 2. The van der Waals surface area contributed by atoms with E-state index >= 15 is 0 Å². The molecule has 0 saturated heterocycles. The first kappa shape index (κ1) is 28.3. The van der Waals surface area contributed by atoms with E-state index in [1.165, 1.54) is 7.11 Å². The Morgan fingerprint density at radius 1 is 1.15 bits per heavy atom. The number of esters is 1. The number of aromatic nitrogens is 1. The molecule has 2 aliphatic rings. The van der Waals surface area contributed by atoms with Crippen LogP contribution in [0.2, 0.25) is 0 Å². The lowest BCUT2D eigenvalue weighted by Gasteiger charge is -2.24. The molecule has 0 bridgehead atoms. The summed E-state index contributed by atoms with van der Waals surface area (Å²) in [5.41, 5.74) is 3.05. The number of nitrogens with one attached hydrogen (secondary N) is 1. The van der Waals surface area contributed by atoms with Crippen LogP contribution in [-0.4, -0.2) is 67.4 Å². The Bertz CT molecular complexity index is 1280. The van der Waals surface area contributed by atoms with Crippen LogP contribution in [-0.2, 0) is 37.3 Å². The molecule has 2 amide bonds. The quantitative estimate of drug-likeness (QED) is 0.371. The number of nitrogens with zero attached hydrogens (tertiary/aromatic N) is 2. The fourth-order valence-electron chi connectivity index (χ4n) is 4.98. The molecule has 0 saturated carbocycles. The molecule has 1 aromatic heterocycles. The number of benzene rings is 1. The van der Waals surface area contributed by atoms with Gasteiger partial charge < -0.3 is 24.4 Å².